The molecule has 0 radical (unpaired) electrons. The second-order valence-electron chi connectivity index (χ2n) is 12.1. The van der Waals surface area contributed by atoms with Crippen molar-refractivity contribution in [1.29, 1.82) is 0 Å². The lowest BCUT2D eigenvalue weighted by molar-refractivity contribution is -0.115. The van der Waals surface area contributed by atoms with Crippen LogP contribution in [-0.2, 0) is 14.0 Å². The quantitative estimate of drug-likeness (QED) is 0.534. The van der Waals surface area contributed by atoms with E-state index in [1.54, 1.807) is 6.08 Å². The number of carbonyl (C=O) groups excluding carboxylic acids is 2. The average molecular weight is 506 g/mol. The molecule has 1 heterocycles. The predicted molar refractivity (Wildman–Crippen MR) is 146 cm³/mol. The van der Waals surface area contributed by atoms with Crippen LogP contribution in [0.5, 0.6) is 0 Å². The number of benzene rings is 2. The molecule has 1 amide bonds. The standard InChI is InChI=1S/C30H39NO4Si/c1-28(2,3)34-27(33)31-22-24(21-30(31)19-17-23(32)18-20-30)35-36(29(4,5)6,25-13-9-7-10-14-25)26-15-11-8-12-16-26/h7-17,19,24H,18,20-22H2,1-6H3/t24-,30+/m1/s1. The number of ketones is 1. The fraction of sp³-hybridized carbons (Fsp3) is 0.467. The van der Waals surface area contributed by atoms with Crippen molar-refractivity contribution in [3.05, 3.63) is 72.8 Å². The van der Waals surface area contributed by atoms with E-state index < -0.39 is 19.5 Å². The van der Waals surface area contributed by atoms with Crippen LogP contribution in [0.1, 0.15) is 60.8 Å². The Kier molecular flexibility index (Phi) is 7.06. The number of amides is 1. The van der Waals surface area contributed by atoms with Crippen LogP contribution in [0, 0.1) is 0 Å². The summed E-state index contributed by atoms with van der Waals surface area (Å²) in [6.07, 6.45) is 4.64. The summed E-state index contributed by atoms with van der Waals surface area (Å²) in [5, 5.41) is 2.26. The summed E-state index contributed by atoms with van der Waals surface area (Å²) >= 11 is 0. The Hall–Kier alpha value is -2.70. The zero-order valence-electron chi connectivity index (χ0n) is 22.4. The maximum atomic E-state index is 13.4. The van der Waals surface area contributed by atoms with E-state index in [0.29, 0.717) is 25.8 Å². The molecule has 1 aliphatic carbocycles. The Morgan fingerprint density at radius 3 is 1.94 bits per heavy atom. The molecule has 0 bridgehead atoms. The highest BCUT2D eigenvalue weighted by Gasteiger charge is 2.56. The van der Waals surface area contributed by atoms with E-state index in [-0.39, 0.29) is 23.0 Å². The van der Waals surface area contributed by atoms with Crippen molar-refractivity contribution in [3.8, 4) is 0 Å². The summed E-state index contributed by atoms with van der Waals surface area (Å²) in [7, 11) is -2.79. The molecule has 1 saturated heterocycles. The summed E-state index contributed by atoms with van der Waals surface area (Å²) in [5.74, 6) is 0.0983. The SMILES string of the molecule is CC(C)(C)OC(=O)N1C[C@H](O[Si](c2ccccc2)(c2ccccc2)C(C)(C)C)C[C@@]12C=CC(=O)CC2. The molecular formula is C30H39NO4Si. The summed E-state index contributed by atoms with van der Waals surface area (Å²) in [6.45, 7) is 12.8. The van der Waals surface area contributed by atoms with Gasteiger partial charge in [-0.2, -0.15) is 0 Å². The van der Waals surface area contributed by atoms with Gasteiger partial charge in [0.1, 0.15) is 5.60 Å². The van der Waals surface area contributed by atoms with Gasteiger partial charge in [0.05, 0.1) is 11.6 Å². The Bertz CT molecular complexity index is 1080. The first-order valence-corrected chi connectivity index (χ1v) is 14.8. The Morgan fingerprint density at radius 2 is 1.50 bits per heavy atom. The van der Waals surface area contributed by atoms with Crippen molar-refractivity contribution in [2.75, 3.05) is 6.54 Å². The molecule has 2 aromatic rings. The highest BCUT2D eigenvalue weighted by atomic mass is 28.4. The third-order valence-electron chi connectivity index (χ3n) is 7.26. The van der Waals surface area contributed by atoms with Crippen LogP contribution in [0.4, 0.5) is 4.79 Å². The molecular weight excluding hydrogens is 466 g/mol. The maximum absolute atomic E-state index is 13.4. The molecule has 2 atom stereocenters. The molecule has 2 aromatic carbocycles. The first kappa shape index (κ1) is 26.4. The second-order valence-corrected chi connectivity index (χ2v) is 16.4. The van der Waals surface area contributed by atoms with E-state index in [4.69, 9.17) is 9.16 Å². The van der Waals surface area contributed by atoms with E-state index in [1.807, 2.05) is 43.9 Å². The molecule has 4 rings (SSSR count). The topological polar surface area (TPSA) is 55.8 Å². The van der Waals surface area contributed by atoms with Gasteiger partial charge in [0.2, 0.25) is 0 Å². The minimum atomic E-state index is -2.79. The largest absolute Gasteiger partial charge is 0.444 e. The molecule has 5 nitrogen and oxygen atoms in total. The van der Waals surface area contributed by atoms with Gasteiger partial charge in [-0.15, -0.1) is 0 Å². The number of hydrogen-bond donors (Lipinski definition) is 0. The second kappa shape index (κ2) is 9.64. The number of likely N-dealkylation sites (tertiary alicyclic amines) is 1. The number of allylic oxidation sites excluding steroid dienone is 1. The number of hydrogen-bond acceptors (Lipinski definition) is 4. The lowest BCUT2D eigenvalue weighted by atomic mass is 9.84. The number of ether oxygens (including phenoxy) is 1. The van der Waals surface area contributed by atoms with E-state index in [1.165, 1.54) is 10.4 Å². The van der Waals surface area contributed by atoms with Gasteiger partial charge in [0, 0.05) is 19.4 Å². The van der Waals surface area contributed by atoms with Crippen LogP contribution in [-0.4, -0.2) is 48.9 Å². The Balaban J connectivity index is 1.78. The maximum Gasteiger partial charge on any atom is 0.411 e. The Morgan fingerprint density at radius 1 is 0.944 bits per heavy atom. The van der Waals surface area contributed by atoms with Crippen LogP contribution in [0.3, 0.4) is 0 Å². The average Bonchev–Trinajstić information content (AvgIpc) is 3.16. The lowest BCUT2D eigenvalue weighted by Gasteiger charge is -2.44. The van der Waals surface area contributed by atoms with Gasteiger partial charge in [-0.1, -0.05) is 87.5 Å². The molecule has 1 spiro atoms. The molecule has 0 unspecified atom stereocenters. The third kappa shape index (κ3) is 5.07. The monoisotopic (exact) mass is 505 g/mol. The molecule has 0 saturated carbocycles. The van der Waals surface area contributed by atoms with Gasteiger partial charge in [-0.25, -0.2) is 4.79 Å². The normalized spacial score (nSPS) is 22.8. The zero-order valence-corrected chi connectivity index (χ0v) is 23.4. The zero-order chi connectivity index (χ0) is 26.2. The fourth-order valence-electron chi connectivity index (χ4n) is 5.70. The number of carbonyl (C=O) groups is 2. The van der Waals surface area contributed by atoms with Crippen molar-refractivity contribution in [2.45, 2.75) is 83.1 Å². The summed E-state index contributed by atoms with van der Waals surface area (Å²) < 4.78 is 13.2. The molecule has 36 heavy (non-hydrogen) atoms. The number of nitrogens with zero attached hydrogens (tertiary/aromatic N) is 1. The van der Waals surface area contributed by atoms with E-state index in [9.17, 15) is 9.59 Å². The molecule has 0 N–H and O–H groups in total. The van der Waals surface area contributed by atoms with Crippen LogP contribution in [0.15, 0.2) is 72.8 Å². The predicted octanol–water partition coefficient (Wildman–Crippen LogP) is 5.23. The van der Waals surface area contributed by atoms with Crippen molar-refractivity contribution >= 4 is 30.6 Å². The van der Waals surface area contributed by atoms with Gasteiger partial charge in [-0.3, -0.25) is 9.69 Å². The van der Waals surface area contributed by atoms with Crippen molar-refractivity contribution in [2.24, 2.45) is 0 Å². The van der Waals surface area contributed by atoms with Crippen molar-refractivity contribution < 1.29 is 18.8 Å². The number of rotatable bonds is 4. The van der Waals surface area contributed by atoms with Gasteiger partial charge in [-0.05, 0) is 48.7 Å². The highest BCUT2D eigenvalue weighted by Crippen LogP contribution is 2.43. The minimum absolute atomic E-state index is 0.0983. The van der Waals surface area contributed by atoms with Gasteiger partial charge in [0.25, 0.3) is 8.32 Å². The van der Waals surface area contributed by atoms with Gasteiger partial charge in [0.15, 0.2) is 5.78 Å². The van der Waals surface area contributed by atoms with Crippen molar-refractivity contribution in [3.63, 3.8) is 0 Å². The first-order chi connectivity index (χ1) is 16.9. The van der Waals surface area contributed by atoms with E-state index in [0.717, 1.165) is 0 Å². The minimum Gasteiger partial charge on any atom is -0.444 e. The molecule has 1 aliphatic heterocycles. The van der Waals surface area contributed by atoms with Crippen LogP contribution in [0.2, 0.25) is 5.04 Å². The van der Waals surface area contributed by atoms with Crippen LogP contribution in [0.25, 0.3) is 0 Å². The summed E-state index contributed by atoms with van der Waals surface area (Å²) in [5.41, 5.74) is -1.18. The first-order valence-electron chi connectivity index (χ1n) is 12.9. The molecule has 6 heteroatoms. The lowest BCUT2D eigenvalue weighted by Crippen LogP contribution is -2.67. The van der Waals surface area contributed by atoms with Crippen LogP contribution < -0.4 is 10.4 Å². The summed E-state index contributed by atoms with van der Waals surface area (Å²) in [4.78, 5) is 27.3. The van der Waals surface area contributed by atoms with E-state index >= 15 is 0 Å². The smallest absolute Gasteiger partial charge is 0.411 e. The molecule has 192 valence electrons. The fourth-order valence-corrected chi connectivity index (χ4v) is 10.4. The molecule has 1 fully saturated rings. The van der Waals surface area contributed by atoms with Crippen molar-refractivity contribution in [1.82, 2.24) is 4.90 Å². The van der Waals surface area contributed by atoms with Crippen LogP contribution >= 0.6 is 0 Å². The van der Waals surface area contributed by atoms with E-state index in [2.05, 4.69) is 69.3 Å². The highest BCUT2D eigenvalue weighted by molar-refractivity contribution is 6.99. The van der Waals surface area contributed by atoms with Gasteiger partial charge >= 0.3 is 6.09 Å². The third-order valence-corrected chi connectivity index (χ3v) is 12.4. The summed E-state index contributed by atoms with van der Waals surface area (Å²) in [6, 6.07) is 21.1. The molecule has 2 aliphatic rings. The van der Waals surface area contributed by atoms with Gasteiger partial charge < -0.3 is 9.16 Å². The Labute approximate surface area is 216 Å². The molecule has 0 aromatic heterocycles.